The van der Waals surface area contributed by atoms with E-state index in [4.69, 9.17) is 25.9 Å². The van der Waals surface area contributed by atoms with Crippen LogP contribution in [0, 0.1) is 0 Å². The lowest BCUT2D eigenvalue weighted by atomic mass is 10.1. The number of aliphatic hydroxyl groups is 3. The van der Waals surface area contributed by atoms with E-state index in [0.717, 1.165) is 0 Å². The molecule has 0 bridgehead atoms. The summed E-state index contributed by atoms with van der Waals surface area (Å²) in [5.41, 5.74) is 3.94. The molecule has 0 aliphatic carbocycles. The van der Waals surface area contributed by atoms with Crippen LogP contribution >= 0.6 is 7.37 Å². The second kappa shape index (κ2) is 6.48. The van der Waals surface area contributed by atoms with Crippen molar-refractivity contribution in [3.8, 4) is 0 Å². The predicted octanol–water partition coefficient (Wildman–Crippen LogP) is -1.82. The first kappa shape index (κ1) is 15.5. The summed E-state index contributed by atoms with van der Waals surface area (Å²) in [7, 11) is -2.64. The van der Waals surface area contributed by atoms with Gasteiger partial charge >= 0.3 is 0 Å². The molecule has 0 saturated carbocycles. The minimum Gasteiger partial charge on any atom is -0.394 e. The van der Waals surface area contributed by atoms with Crippen LogP contribution in [0.1, 0.15) is 0 Å². The van der Waals surface area contributed by atoms with E-state index in [9.17, 15) is 4.57 Å². The fourth-order valence-corrected chi connectivity index (χ4v) is 0.150. The van der Waals surface area contributed by atoms with Gasteiger partial charge in [0.05, 0.1) is 25.4 Å². The molecule has 0 rings (SSSR count). The average Bonchev–Trinajstić information content (AvgIpc) is 2.00. The van der Waals surface area contributed by atoms with Gasteiger partial charge in [0.25, 0.3) is 0 Å². The predicted molar refractivity (Wildman–Crippen MR) is 49.8 cm³/mol. The number of aliphatic hydroxyl groups excluding tert-OH is 3. The summed E-state index contributed by atoms with van der Waals surface area (Å²) in [6.45, 7) is 1.39. The van der Waals surface area contributed by atoms with Gasteiger partial charge in [-0.3, -0.25) is 4.57 Å². The van der Waals surface area contributed by atoms with Crippen LogP contribution in [-0.2, 0) is 4.57 Å². The summed E-state index contributed by atoms with van der Waals surface area (Å²) in [5.74, 6) is 0. The topological polar surface area (TPSA) is 124 Å². The number of nitrogens with two attached hydrogens (primary N) is 1. The molecule has 0 saturated heterocycles. The van der Waals surface area contributed by atoms with E-state index in [-0.39, 0.29) is 0 Å². The first-order valence-electron chi connectivity index (χ1n) is 3.58. The smallest absolute Gasteiger partial charge is 0.194 e. The van der Waals surface area contributed by atoms with Gasteiger partial charge in [0, 0.05) is 13.3 Å². The molecule has 0 atom stereocenters. The van der Waals surface area contributed by atoms with Crippen LogP contribution in [0.4, 0.5) is 0 Å². The zero-order valence-corrected chi connectivity index (χ0v) is 8.74. The van der Waals surface area contributed by atoms with E-state index in [1.54, 1.807) is 0 Å². The molecule has 6 N–H and O–H groups in total. The van der Waals surface area contributed by atoms with Crippen LogP contribution in [0.3, 0.4) is 0 Å². The van der Waals surface area contributed by atoms with Crippen molar-refractivity contribution in [1.82, 2.24) is 0 Å². The monoisotopic (exact) mass is 215 g/mol. The second-order valence-corrected chi connectivity index (χ2v) is 5.72. The van der Waals surface area contributed by atoms with Crippen LogP contribution < -0.4 is 5.73 Å². The molecule has 0 aromatic carbocycles. The maximum absolute atomic E-state index is 9.77. The van der Waals surface area contributed by atoms with Crippen molar-refractivity contribution >= 4 is 7.37 Å². The van der Waals surface area contributed by atoms with Crippen LogP contribution in [-0.4, -0.2) is 58.9 Å². The lowest BCUT2D eigenvalue weighted by Gasteiger charge is -2.20. The zero-order valence-electron chi connectivity index (χ0n) is 7.84. The lowest BCUT2D eigenvalue weighted by Crippen LogP contribution is -2.50. The summed E-state index contributed by atoms with van der Waals surface area (Å²) < 4.78 is 9.77. The maximum Gasteiger partial charge on any atom is 0.194 e. The second-order valence-electron chi connectivity index (χ2n) is 3.13. The molecule has 13 heavy (non-hydrogen) atoms. The largest absolute Gasteiger partial charge is 0.394 e. The minimum atomic E-state index is -2.64. The molecule has 0 amide bonds. The van der Waals surface area contributed by atoms with E-state index >= 15 is 0 Å². The van der Waals surface area contributed by atoms with Crippen molar-refractivity contribution in [3.05, 3.63) is 0 Å². The molecule has 6 nitrogen and oxygen atoms in total. The van der Waals surface area contributed by atoms with E-state index in [1.807, 2.05) is 0 Å². The Morgan fingerprint density at radius 1 is 1.15 bits per heavy atom. The van der Waals surface area contributed by atoms with Crippen molar-refractivity contribution in [2.24, 2.45) is 5.73 Å². The SMILES string of the molecule is CP(C)(=O)O.NC(CO)(CO)CO. The molecule has 0 unspecified atom stereocenters. The first-order chi connectivity index (χ1) is 5.68. The van der Waals surface area contributed by atoms with E-state index in [2.05, 4.69) is 0 Å². The Bertz CT molecular complexity index is 148. The van der Waals surface area contributed by atoms with Crippen molar-refractivity contribution in [1.29, 1.82) is 0 Å². The molecule has 0 aromatic heterocycles. The molecule has 0 radical (unpaired) electrons. The summed E-state index contributed by atoms with van der Waals surface area (Å²) in [4.78, 5) is 8.08. The molecule has 0 aliphatic heterocycles. The first-order valence-corrected chi connectivity index (χ1v) is 6.13. The highest BCUT2D eigenvalue weighted by Gasteiger charge is 2.20. The third-order valence-corrected chi connectivity index (χ3v) is 0.945. The quantitative estimate of drug-likeness (QED) is 0.353. The molecular weight excluding hydrogens is 197 g/mol. The standard InChI is InChI=1S/C4H11NO3.C2H7O2P/c5-4(1-6,2-7)3-8;1-5(2,3)4/h6-8H,1-3,5H2;1-2H3,(H,3,4). The number of hydrogen-bond acceptors (Lipinski definition) is 5. The van der Waals surface area contributed by atoms with Crippen LogP contribution in [0.2, 0.25) is 0 Å². The van der Waals surface area contributed by atoms with Gasteiger partial charge in [-0.1, -0.05) is 0 Å². The Balaban J connectivity index is 0. The Morgan fingerprint density at radius 2 is 1.31 bits per heavy atom. The third-order valence-electron chi connectivity index (χ3n) is 0.945. The highest BCUT2D eigenvalue weighted by Crippen LogP contribution is 2.27. The molecule has 7 heteroatoms. The Hall–Kier alpha value is 0.0300. The van der Waals surface area contributed by atoms with Gasteiger partial charge in [0.15, 0.2) is 7.37 Å². The summed E-state index contributed by atoms with van der Waals surface area (Å²) in [6.07, 6.45) is 0. The van der Waals surface area contributed by atoms with Gasteiger partial charge in [-0.15, -0.1) is 0 Å². The fraction of sp³-hybridized carbons (Fsp3) is 1.00. The normalized spacial score (nSPS) is 11.9. The third kappa shape index (κ3) is 14.8. The molecule has 82 valence electrons. The van der Waals surface area contributed by atoms with Crippen LogP contribution in [0.15, 0.2) is 0 Å². The van der Waals surface area contributed by atoms with Crippen molar-refractivity contribution in [2.75, 3.05) is 33.2 Å². The summed E-state index contributed by atoms with van der Waals surface area (Å²) in [6, 6.07) is 0. The molecule has 0 heterocycles. The number of rotatable bonds is 3. The summed E-state index contributed by atoms with van der Waals surface area (Å²) >= 11 is 0. The van der Waals surface area contributed by atoms with Gasteiger partial charge < -0.3 is 25.9 Å². The van der Waals surface area contributed by atoms with Crippen molar-refractivity contribution in [2.45, 2.75) is 5.54 Å². The van der Waals surface area contributed by atoms with Gasteiger partial charge in [-0.25, -0.2) is 0 Å². The van der Waals surface area contributed by atoms with E-state index < -0.39 is 32.7 Å². The van der Waals surface area contributed by atoms with Crippen LogP contribution in [0.25, 0.3) is 0 Å². The molecular formula is C6H18NO5P. The summed E-state index contributed by atoms with van der Waals surface area (Å²) in [5, 5.41) is 25.0. The minimum absolute atomic E-state index is 0.403. The van der Waals surface area contributed by atoms with Gasteiger partial charge in [-0.2, -0.15) is 0 Å². The zero-order chi connectivity index (χ0) is 11.1. The molecule has 0 spiro atoms. The highest BCUT2D eigenvalue weighted by molar-refractivity contribution is 7.56. The van der Waals surface area contributed by atoms with Gasteiger partial charge in [-0.05, 0) is 0 Å². The van der Waals surface area contributed by atoms with Crippen LogP contribution in [0.5, 0.6) is 0 Å². The Kier molecular flexibility index (Phi) is 7.72. The number of hydrogen-bond donors (Lipinski definition) is 5. The Morgan fingerprint density at radius 3 is 1.31 bits per heavy atom. The van der Waals surface area contributed by atoms with Gasteiger partial charge in [0.2, 0.25) is 0 Å². The maximum atomic E-state index is 9.77. The average molecular weight is 215 g/mol. The van der Waals surface area contributed by atoms with Crippen molar-refractivity contribution in [3.63, 3.8) is 0 Å². The highest BCUT2D eigenvalue weighted by atomic mass is 31.2. The Labute approximate surface area is 77.5 Å². The fourth-order valence-electron chi connectivity index (χ4n) is 0.150. The van der Waals surface area contributed by atoms with E-state index in [0.29, 0.717) is 0 Å². The lowest BCUT2D eigenvalue weighted by molar-refractivity contribution is 0.0698. The van der Waals surface area contributed by atoms with E-state index in [1.165, 1.54) is 13.3 Å². The molecule has 0 aliphatic rings. The van der Waals surface area contributed by atoms with Gasteiger partial charge in [0.1, 0.15) is 0 Å². The molecule has 0 fully saturated rings. The van der Waals surface area contributed by atoms with Crippen molar-refractivity contribution < 1.29 is 24.8 Å². The molecule has 0 aromatic rings.